The molecule has 0 saturated heterocycles. The van der Waals surface area contributed by atoms with Crippen LogP contribution in [0.1, 0.15) is 17.3 Å². The van der Waals surface area contributed by atoms with Gasteiger partial charge in [-0.3, -0.25) is 0 Å². The van der Waals surface area contributed by atoms with Crippen LogP contribution >= 0.6 is 0 Å². The number of hydrogen-bond acceptors (Lipinski definition) is 5. The molecular weight excluding hydrogens is 290 g/mol. The molecule has 1 atom stereocenters. The summed E-state index contributed by atoms with van der Waals surface area (Å²) in [7, 11) is -3.83. The van der Waals surface area contributed by atoms with Gasteiger partial charge in [0.25, 0.3) is 0 Å². The van der Waals surface area contributed by atoms with Crippen LogP contribution in [-0.4, -0.2) is 25.1 Å². The summed E-state index contributed by atoms with van der Waals surface area (Å²) in [6.07, 6.45) is 1.11. The molecule has 0 saturated carbocycles. The fourth-order valence-corrected chi connectivity index (χ4v) is 2.92. The molecule has 0 aliphatic rings. The minimum Gasteiger partial charge on any atom is -0.394 e. The zero-order valence-electron chi connectivity index (χ0n) is 11.0. The SMILES string of the molecule is N#Cc1ccc(S(=O)(=O)NC(CO)c2ccccc2)cn1. The molecule has 0 fully saturated rings. The lowest BCUT2D eigenvalue weighted by atomic mass is 10.1. The van der Waals surface area contributed by atoms with Gasteiger partial charge in [0.15, 0.2) is 0 Å². The fourth-order valence-electron chi connectivity index (χ4n) is 1.76. The lowest BCUT2D eigenvalue weighted by Gasteiger charge is -2.16. The molecule has 7 heteroatoms. The van der Waals surface area contributed by atoms with E-state index in [1.807, 2.05) is 6.07 Å². The number of pyridine rings is 1. The molecule has 0 radical (unpaired) electrons. The lowest BCUT2D eigenvalue weighted by molar-refractivity contribution is 0.259. The molecule has 2 rings (SSSR count). The van der Waals surface area contributed by atoms with Crippen molar-refractivity contribution in [2.45, 2.75) is 10.9 Å². The van der Waals surface area contributed by atoms with E-state index in [0.29, 0.717) is 5.56 Å². The largest absolute Gasteiger partial charge is 0.394 e. The van der Waals surface area contributed by atoms with Crippen molar-refractivity contribution < 1.29 is 13.5 Å². The van der Waals surface area contributed by atoms with Gasteiger partial charge in [0.2, 0.25) is 10.0 Å². The van der Waals surface area contributed by atoms with Gasteiger partial charge >= 0.3 is 0 Å². The predicted molar refractivity (Wildman–Crippen MR) is 75.5 cm³/mol. The zero-order valence-corrected chi connectivity index (χ0v) is 11.8. The van der Waals surface area contributed by atoms with Crippen molar-refractivity contribution in [3.63, 3.8) is 0 Å². The summed E-state index contributed by atoms with van der Waals surface area (Å²) in [6.45, 7) is -0.368. The summed E-state index contributed by atoms with van der Waals surface area (Å²) < 4.78 is 26.9. The van der Waals surface area contributed by atoms with Crippen molar-refractivity contribution >= 4 is 10.0 Å². The van der Waals surface area contributed by atoms with Crippen LogP contribution in [0.4, 0.5) is 0 Å². The van der Waals surface area contributed by atoms with E-state index in [4.69, 9.17) is 5.26 Å². The third kappa shape index (κ3) is 3.64. The Morgan fingerprint density at radius 1 is 1.24 bits per heavy atom. The molecule has 21 heavy (non-hydrogen) atoms. The van der Waals surface area contributed by atoms with Crippen LogP contribution in [0.5, 0.6) is 0 Å². The Hall–Kier alpha value is -2.27. The molecule has 108 valence electrons. The first-order valence-corrected chi connectivity index (χ1v) is 7.59. The molecule has 0 amide bonds. The molecule has 0 bridgehead atoms. The molecule has 1 unspecified atom stereocenters. The van der Waals surface area contributed by atoms with Crippen LogP contribution in [0.2, 0.25) is 0 Å². The molecule has 2 aromatic rings. The van der Waals surface area contributed by atoms with Crippen LogP contribution < -0.4 is 4.72 Å². The average molecular weight is 303 g/mol. The molecule has 1 aromatic heterocycles. The van der Waals surface area contributed by atoms with E-state index < -0.39 is 16.1 Å². The summed E-state index contributed by atoms with van der Waals surface area (Å²) >= 11 is 0. The number of hydrogen-bond donors (Lipinski definition) is 2. The van der Waals surface area contributed by atoms with Crippen LogP contribution in [0.3, 0.4) is 0 Å². The number of sulfonamides is 1. The minimum absolute atomic E-state index is 0.0594. The van der Waals surface area contributed by atoms with E-state index in [9.17, 15) is 13.5 Å². The van der Waals surface area contributed by atoms with Gasteiger partial charge in [-0.05, 0) is 17.7 Å². The van der Waals surface area contributed by atoms with E-state index in [0.717, 1.165) is 6.20 Å². The standard InChI is InChI=1S/C14H13N3O3S/c15-8-12-6-7-13(9-16-12)21(19,20)17-14(10-18)11-4-2-1-3-5-11/h1-7,9,14,17-18H,10H2. The Balaban J connectivity index is 2.25. The van der Waals surface area contributed by atoms with Crippen LogP contribution in [0, 0.1) is 11.3 Å². The lowest BCUT2D eigenvalue weighted by Crippen LogP contribution is -2.31. The van der Waals surface area contributed by atoms with Gasteiger partial charge in [0.05, 0.1) is 12.6 Å². The summed E-state index contributed by atoms with van der Waals surface area (Å²) in [5.74, 6) is 0. The molecular formula is C14H13N3O3S. The van der Waals surface area contributed by atoms with Gasteiger partial charge in [0.1, 0.15) is 16.7 Å². The second-order valence-electron chi connectivity index (χ2n) is 4.26. The van der Waals surface area contributed by atoms with Crippen molar-refractivity contribution in [2.75, 3.05) is 6.61 Å². The molecule has 0 aliphatic heterocycles. The van der Waals surface area contributed by atoms with Crippen molar-refractivity contribution in [3.8, 4) is 6.07 Å². The normalized spacial score (nSPS) is 12.6. The number of nitrogens with one attached hydrogen (secondary N) is 1. The van der Waals surface area contributed by atoms with E-state index in [2.05, 4.69) is 9.71 Å². The number of aliphatic hydroxyl groups excluding tert-OH is 1. The van der Waals surface area contributed by atoms with Gasteiger partial charge in [-0.2, -0.15) is 5.26 Å². The topological polar surface area (TPSA) is 103 Å². The van der Waals surface area contributed by atoms with Crippen LogP contribution in [-0.2, 0) is 10.0 Å². The highest BCUT2D eigenvalue weighted by atomic mass is 32.2. The Bertz CT molecular complexity index is 737. The van der Waals surface area contributed by atoms with Crippen LogP contribution in [0.15, 0.2) is 53.6 Å². The quantitative estimate of drug-likeness (QED) is 0.856. The first-order valence-electron chi connectivity index (χ1n) is 6.11. The maximum absolute atomic E-state index is 12.2. The zero-order chi connectivity index (χ0) is 15.3. The Kier molecular flexibility index (Phi) is 4.65. The predicted octanol–water partition coefficient (Wildman–Crippen LogP) is 0.965. The molecule has 6 nitrogen and oxygen atoms in total. The second kappa shape index (κ2) is 6.45. The second-order valence-corrected chi connectivity index (χ2v) is 5.97. The molecule has 2 N–H and O–H groups in total. The van der Waals surface area contributed by atoms with E-state index >= 15 is 0 Å². The number of nitrogens with zero attached hydrogens (tertiary/aromatic N) is 2. The highest BCUT2D eigenvalue weighted by molar-refractivity contribution is 7.89. The highest BCUT2D eigenvalue weighted by Crippen LogP contribution is 2.16. The molecule has 0 aliphatic carbocycles. The van der Waals surface area contributed by atoms with Gasteiger partial charge in [-0.15, -0.1) is 0 Å². The van der Waals surface area contributed by atoms with Crippen molar-refractivity contribution in [3.05, 3.63) is 59.9 Å². The summed E-state index contributed by atoms with van der Waals surface area (Å²) in [5.41, 5.74) is 0.792. The summed E-state index contributed by atoms with van der Waals surface area (Å²) in [4.78, 5) is 3.67. The third-order valence-electron chi connectivity index (χ3n) is 2.84. The monoisotopic (exact) mass is 303 g/mol. The maximum Gasteiger partial charge on any atom is 0.242 e. The molecule has 0 spiro atoms. The first-order chi connectivity index (χ1) is 10.1. The van der Waals surface area contributed by atoms with E-state index in [1.54, 1.807) is 30.3 Å². The Labute approximate surface area is 122 Å². The number of aliphatic hydroxyl groups is 1. The maximum atomic E-state index is 12.2. The smallest absolute Gasteiger partial charge is 0.242 e. The van der Waals surface area contributed by atoms with Gasteiger partial charge in [-0.1, -0.05) is 30.3 Å². The fraction of sp³-hybridized carbons (Fsp3) is 0.143. The Morgan fingerprint density at radius 3 is 2.48 bits per heavy atom. The Morgan fingerprint density at radius 2 is 1.95 bits per heavy atom. The van der Waals surface area contributed by atoms with Crippen molar-refractivity contribution in [1.29, 1.82) is 5.26 Å². The van der Waals surface area contributed by atoms with Gasteiger partial charge in [0, 0.05) is 6.20 Å². The average Bonchev–Trinajstić information content (AvgIpc) is 2.53. The number of aromatic nitrogens is 1. The van der Waals surface area contributed by atoms with E-state index in [-0.39, 0.29) is 17.2 Å². The number of benzene rings is 1. The minimum atomic E-state index is -3.83. The first kappa shape index (κ1) is 15.1. The number of nitriles is 1. The van der Waals surface area contributed by atoms with Crippen molar-refractivity contribution in [2.24, 2.45) is 0 Å². The van der Waals surface area contributed by atoms with Crippen molar-refractivity contribution in [1.82, 2.24) is 9.71 Å². The molecule has 1 heterocycles. The summed E-state index contributed by atoms with van der Waals surface area (Å²) in [5, 5.41) is 18.0. The van der Waals surface area contributed by atoms with Gasteiger partial charge < -0.3 is 5.11 Å². The third-order valence-corrected chi connectivity index (χ3v) is 4.30. The highest BCUT2D eigenvalue weighted by Gasteiger charge is 2.21. The summed E-state index contributed by atoms with van der Waals surface area (Å²) in [6, 6.07) is 12.5. The van der Waals surface area contributed by atoms with Gasteiger partial charge in [-0.25, -0.2) is 18.1 Å². The van der Waals surface area contributed by atoms with E-state index in [1.165, 1.54) is 12.1 Å². The molecule has 1 aromatic carbocycles. The van der Waals surface area contributed by atoms with Crippen LogP contribution in [0.25, 0.3) is 0 Å². The number of rotatable bonds is 5.